The van der Waals surface area contributed by atoms with E-state index in [0.29, 0.717) is 0 Å². The third kappa shape index (κ3) is 3.83. The summed E-state index contributed by atoms with van der Waals surface area (Å²) in [6, 6.07) is 7.36. The van der Waals surface area contributed by atoms with Gasteiger partial charge in [0, 0.05) is 6.04 Å². The van der Waals surface area contributed by atoms with Crippen molar-refractivity contribution in [1.82, 2.24) is 15.5 Å². The van der Waals surface area contributed by atoms with Gasteiger partial charge in [-0.2, -0.15) is 0 Å². The molecule has 5 fully saturated rings. The van der Waals surface area contributed by atoms with E-state index in [2.05, 4.69) is 38.3 Å². The van der Waals surface area contributed by atoms with Crippen molar-refractivity contribution in [3.05, 3.63) is 35.4 Å². The number of urea groups is 1. The monoisotopic (exact) mass is 465 g/mol. The Hall–Kier alpha value is -2.37. The highest BCUT2D eigenvalue weighted by molar-refractivity contribution is 6.09. The second-order valence-corrected chi connectivity index (χ2v) is 12.8. The molecule has 0 aromatic heterocycles. The lowest BCUT2D eigenvalue weighted by atomic mass is 9.48. The molecule has 0 spiro atoms. The maximum absolute atomic E-state index is 13.3. The molecule has 1 saturated heterocycles. The van der Waals surface area contributed by atoms with Crippen molar-refractivity contribution in [2.45, 2.75) is 90.1 Å². The van der Waals surface area contributed by atoms with Crippen LogP contribution in [0.25, 0.3) is 0 Å². The number of hydrogen-bond acceptors (Lipinski definition) is 3. The first-order chi connectivity index (χ1) is 15.9. The van der Waals surface area contributed by atoms with Crippen LogP contribution < -0.4 is 10.6 Å². The van der Waals surface area contributed by atoms with Crippen molar-refractivity contribution < 1.29 is 14.4 Å². The largest absolute Gasteiger partial charge is 0.352 e. The summed E-state index contributed by atoms with van der Waals surface area (Å²) in [5.74, 6) is 1.79. The van der Waals surface area contributed by atoms with E-state index < -0.39 is 11.6 Å². The highest BCUT2D eigenvalue weighted by Crippen LogP contribution is 2.61. The summed E-state index contributed by atoms with van der Waals surface area (Å²) in [5, 5.41) is 6.01. The molecule has 184 valence electrons. The van der Waals surface area contributed by atoms with E-state index in [1.807, 2.05) is 24.3 Å². The van der Waals surface area contributed by atoms with Gasteiger partial charge in [-0.05, 0) is 92.1 Å². The second kappa shape index (κ2) is 7.82. The zero-order valence-corrected chi connectivity index (χ0v) is 21.2. The Morgan fingerprint density at radius 2 is 1.59 bits per heavy atom. The van der Waals surface area contributed by atoms with E-state index in [4.69, 9.17) is 0 Å². The van der Waals surface area contributed by atoms with Crippen LogP contribution in [0.4, 0.5) is 4.79 Å². The van der Waals surface area contributed by atoms with Gasteiger partial charge >= 0.3 is 6.03 Å². The van der Waals surface area contributed by atoms with Crippen LogP contribution in [0, 0.1) is 23.2 Å². The summed E-state index contributed by atoms with van der Waals surface area (Å²) in [4.78, 5) is 40.2. The molecule has 34 heavy (non-hydrogen) atoms. The topological polar surface area (TPSA) is 78.5 Å². The smallest absolute Gasteiger partial charge is 0.325 e. The molecule has 0 radical (unpaired) electrons. The number of benzene rings is 1. The summed E-state index contributed by atoms with van der Waals surface area (Å²) in [7, 11) is 0. The lowest BCUT2D eigenvalue weighted by molar-refractivity contribution is -0.136. The van der Waals surface area contributed by atoms with Gasteiger partial charge in [-0.25, -0.2) is 4.79 Å². The number of amides is 4. The van der Waals surface area contributed by atoms with E-state index in [-0.39, 0.29) is 35.2 Å². The van der Waals surface area contributed by atoms with Crippen molar-refractivity contribution in [3.63, 3.8) is 0 Å². The lowest BCUT2D eigenvalue weighted by Gasteiger charge is -2.59. The highest BCUT2D eigenvalue weighted by atomic mass is 16.2. The zero-order chi connectivity index (χ0) is 24.5. The summed E-state index contributed by atoms with van der Waals surface area (Å²) in [6.07, 6.45) is 7.68. The molecule has 4 saturated carbocycles. The SMILES string of the molecule is C[C@H](NC(=O)CN1C(=O)N[C@](C)(c2ccc(C(C)(C)C)cc2)C1=O)C12CC3CC(CC(C3)C1)C2. The molecule has 6 heteroatoms. The van der Waals surface area contributed by atoms with Crippen molar-refractivity contribution >= 4 is 17.8 Å². The van der Waals surface area contributed by atoms with Crippen LogP contribution in [-0.2, 0) is 20.5 Å². The Bertz CT molecular complexity index is 973. The van der Waals surface area contributed by atoms with Gasteiger partial charge in [0.25, 0.3) is 5.91 Å². The van der Waals surface area contributed by atoms with Crippen LogP contribution in [0.5, 0.6) is 0 Å². The Balaban J connectivity index is 1.25. The minimum atomic E-state index is -1.17. The Morgan fingerprint density at radius 1 is 1.06 bits per heavy atom. The summed E-state index contributed by atoms with van der Waals surface area (Å²) >= 11 is 0. The number of nitrogens with zero attached hydrogens (tertiary/aromatic N) is 1. The normalized spacial score (nSPS) is 35.4. The maximum atomic E-state index is 13.3. The molecule has 1 heterocycles. The summed E-state index contributed by atoms with van der Waals surface area (Å²) < 4.78 is 0. The van der Waals surface area contributed by atoms with Crippen LogP contribution in [0.2, 0.25) is 0 Å². The van der Waals surface area contributed by atoms with Crippen LogP contribution in [0.15, 0.2) is 24.3 Å². The van der Waals surface area contributed by atoms with Crippen LogP contribution >= 0.6 is 0 Å². The minimum absolute atomic E-state index is 0.000119. The van der Waals surface area contributed by atoms with Gasteiger partial charge in [0.2, 0.25) is 5.91 Å². The number of hydrogen-bond donors (Lipinski definition) is 2. The molecule has 5 aliphatic rings. The fourth-order valence-corrected chi connectivity index (χ4v) is 7.63. The molecular weight excluding hydrogens is 426 g/mol. The van der Waals surface area contributed by atoms with Gasteiger partial charge in [-0.15, -0.1) is 0 Å². The Morgan fingerprint density at radius 3 is 2.09 bits per heavy atom. The molecule has 1 aliphatic heterocycles. The molecule has 4 amide bonds. The molecular formula is C28H39N3O3. The Labute approximate surface area is 203 Å². The van der Waals surface area contributed by atoms with E-state index in [1.165, 1.54) is 38.5 Å². The molecule has 0 unspecified atom stereocenters. The van der Waals surface area contributed by atoms with E-state index in [9.17, 15) is 14.4 Å². The quantitative estimate of drug-likeness (QED) is 0.630. The molecule has 6 rings (SSSR count). The van der Waals surface area contributed by atoms with E-state index in [1.54, 1.807) is 6.92 Å². The predicted octanol–water partition coefficient (Wildman–Crippen LogP) is 4.47. The highest BCUT2D eigenvalue weighted by Gasteiger charge is 2.54. The molecule has 1 aromatic rings. The summed E-state index contributed by atoms with van der Waals surface area (Å²) in [5.41, 5.74) is 0.903. The minimum Gasteiger partial charge on any atom is -0.352 e. The summed E-state index contributed by atoms with van der Waals surface area (Å²) in [6.45, 7) is 10.0. The number of imide groups is 1. The van der Waals surface area contributed by atoms with Crippen molar-refractivity contribution in [2.75, 3.05) is 6.54 Å². The molecule has 6 nitrogen and oxygen atoms in total. The number of carbonyl (C=O) groups excluding carboxylic acids is 3. The molecule has 4 bridgehead atoms. The van der Waals surface area contributed by atoms with Crippen LogP contribution in [0.1, 0.15) is 84.3 Å². The maximum Gasteiger partial charge on any atom is 0.325 e. The van der Waals surface area contributed by atoms with Crippen molar-refractivity contribution in [3.8, 4) is 0 Å². The third-order valence-electron chi connectivity index (χ3n) is 9.29. The number of nitrogens with one attached hydrogen (secondary N) is 2. The van der Waals surface area contributed by atoms with Crippen molar-refractivity contribution in [2.24, 2.45) is 23.2 Å². The molecule has 1 aromatic carbocycles. The molecule has 4 aliphatic carbocycles. The fourth-order valence-electron chi connectivity index (χ4n) is 7.63. The van der Waals surface area contributed by atoms with Crippen LogP contribution in [0.3, 0.4) is 0 Å². The molecule has 2 atom stereocenters. The van der Waals surface area contributed by atoms with Gasteiger partial charge in [-0.3, -0.25) is 14.5 Å². The van der Waals surface area contributed by atoms with Crippen molar-refractivity contribution in [1.29, 1.82) is 0 Å². The van der Waals surface area contributed by atoms with Gasteiger partial charge in [0.1, 0.15) is 12.1 Å². The fraction of sp³-hybridized carbons (Fsp3) is 0.679. The third-order valence-corrected chi connectivity index (χ3v) is 9.29. The first-order valence-electron chi connectivity index (χ1n) is 12.9. The van der Waals surface area contributed by atoms with Crippen LogP contribution in [-0.4, -0.2) is 35.3 Å². The molecule has 2 N–H and O–H groups in total. The first kappa shape index (κ1) is 23.4. The number of rotatable bonds is 5. The zero-order valence-electron chi connectivity index (χ0n) is 21.2. The van der Waals surface area contributed by atoms with E-state index >= 15 is 0 Å². The second-order valence-electron chi connectivity index (χ2n) is 12.8. The van der Waals surface area contributed by atoms with Gasteiger partial charge < -0.3 is 10.6 Å². The lowest BCUT2D eigenvalue weighted by Crippen LogP contribution is -2.57. The average molecular weight is 466 g/mol. The van der Waals surface area contributed by atoms with Gasteiger partial charge in [0.05, 0.1) is 0 Å². The Kier molecular flexibility index (Phi) is 5.38. The standard InChI is InChI=1S/C28H39N3O3/c1-17(28-13-18-10-19(14-28)12-20(11-18)15-28)29-23(32)16-31-24(33)27(5,30-25(31)34)22-8-6-21(7-9-22)26(2,3)4/h6-9,17-20H,10-16H2,1-5H3,(H,29,32)(H,30,34)/t17-,18?,19?,20?,27+,28?/m0/s1. The average Bonchev–Trinajstić information content (AvgIpc) is 2.96. The van der Waals surface area contributed by atoms with E-state index in [0.717, 1.165) is 33.8 Å². The van der Waals surface area contributed by atoms with Gasteiger partial charge in [0.15, 0.2) is 0 Å². The first-order valence-corrected chi connectivity index (χ1v) is 12.9. The number of carbonyl (C=O) groups is 3. The predicted molar refractivity (Wildman–Crippen MR) is 131 cm³/mol. The van der Waals surface area contributed by atoms with Gasteiger partial charge in [-0.1, -0.05) is 45.0 Å².